The van der Waals surface area contributed by atoms with Crippen molar-refractivity contribution in [3.8, 4) is 0 Å². The van der Waals surface area contributed by atoms with Crippen LogP contribution in [0.3, 0.4) is 0 Å². The number of piperidine rings is 1. The lowest BCUT2D eigenvalue weighted by Gasteiger charge is -2.35. The molecule has 2 heterocycles. The molecule has 1 N–H and O–H groups in total. The summed E-state index contributed by atoms with van der Waals surface area (Å²) >= 11 is 1.63. The number of amides is 1. The Labute approximate surface area is 135 Å². The van der Waals surface area contributed by atoms with Crippen molar-refractivity contribution < 1.29 is 14.3 Å². The Morgan fingerprint density at radius 3 is 3.05 bits per heavy atom. The highest BCUT2D eigenvalue weighted by atomic mass is 32.1. The van der Waals surface area contributed by atoms with Crippen LogP contribution in [0.15, 0.2) is 17.5 Å². The minimum absolute atomic E-state index is 0.0120. The predicted molar refractivity (Wildman–Crippen MR) is 86.6 cm³/mol. The number of carbonyl (C=O) groups excluding carboxylic acids is 2. The minimum Gasteiger partial charge on any atom is -0.466 e. The summed E-state index contributed by atoms with van der Waals surface area (Å²) in [5, 5.41) is 4.96. The minimum atomic E-state index is -0.225. The maximum Gasteiger partial charge on any atom is 0.310 e. The number of thiophene rings is 1. The maximum atomic E-state index is 12.3. The Bertz CT molecular complexity index is 490. The van der Waals surface area contributed by atoms with E-state index >= 15 is 0 Å². The molecule has 0 spiro atoms. The number of nitrogens with one attached hydrogen (secondary N) is 1. The second-order valence-corrected chi connectivity index (χ2v) is 6.59. The summed E-state index contributed by atoms with van der Waals surface area (Å²) in [5.41, 5.74) is 0. The molecule has 0 aliphatic carbocycles. The van der Waals surface area contributed by atoms with Crippen LogP contribution in [0.4, 0.5) is 0 Å². The van der Waals surface area contributed by atoms with Crippen molar-refractivity contribution in [2.45, 2.75) is 39.3 Å². The molecule has 0 radical (unpaired) electrons. The van der Waals surface area contributed by atoms with Crippen molar-refractivity contribution in [3.05, 3.63) is 22.4 Å². The Morgan fingerprint density at radius 1 is 1.55 bits per heavy atom. The van der Waals surface area contributed by atoms with Crippen LogP contribution in [-0.2, 0) is 20.9 Å². The second-order valence-electron chi connectivity index (χ2n) is 5.56. The quantitative estimate of drug-likeness (QED) is 0.814. The molecule has 1 aliphatic rings. The monoisotopic (exact) mass is 324 g/mol. The molecule has 0 aromatic carbocycles. The molecule has 6 heteroatoms. The lowest BCUT2D eigenvalue weighted by atomic mass is 9.97. The highest BCUT2D eigenvalue weighted by Gasteiger charge is 2.31. The van der Waals surface area contributed by atoms with E-state index in [9.17, 15) is 9.59 Å². The van der Waals surface area contributed by atoms with Crippen molar-refractivity contribution >= 4 is 23.2 Å². The molecule has 22 heavy (non-hydrogen) atoms. The van der Waals surface area contributed by atoms with Gasteiger partial charge in [0.1, 0.15) is 0 Å². The molecular weight excluding hydrogens is 300 g/mol. The standard InChI is InChI=1S/C16H24N2O3S/c1-3-21-16(20)13-6-4-8-18(11-13)12(2)15(19)17-10-14-7-5-9-22-14/h5,7,9,12-13H,3-4,6,8,10-11H2,1-2H3,(H,17,19)/t12-,13+/m0/s1. The van der Waals surface area contributed by atoms with Gasteiger partial charge in [0.15, 0.2) is 0 Å². The first kappa shape index (κ1) is 17.0. The number of rotatable bonds is 6. The summed E-state index contributed by atoms with van der Waals surface area (Å²) in [5.74, 6) is -0.238. The first-order valence-electron chi connectivity index (χ1n) is 7.82. The molecule has 1 aromatic heterocycles. The number of carbonyl (C=O) groups is 2. The number of hydrogen-bond donors (Lipinski definition) is 1. The van der Waals surface area contributed by atoms with Crippen molar-refractivity contribution in [3.63, 3.8) is 0 Å². The lowest BCUT2D eigenvalue weighted by molar-refractivity contribution is -0.151. The Hall–Kier alpha value is -1.40. The highest BCUT2D eigenvalue weighted by Crippen LogP contribution is 2.20. The molecule has 0 unspecified atom stereocenters. The smallest absolute Gasteiger partial charge is 0.310 e. The number of nitrogens with zero attached hydrogens (tertiary/aromatic N) is 1. The van der Waals surface area contributed by atoms with Crippen LogP contribution in [0, 0.1) is 5.92 Å². The van der Waals surface area contributed by atoms with Gasteiger partial charge in [0.25, 0.3) is 0 Å². The van der Waals surface area contributed by atoms with Crippen LogP contribution in [0.2, 0.25) is 0 Å². The van der Waals surface area contributed by atoms with E-state index in [0.29, 0.717) is 19.7 Å². The SMILES string of the molecule is CCOC(=O)[C@@H]1CCCN([C@@H](C)C(=O)NCc2cccs2)C1. The fourth-order valence-corrected chi connectivity index (χ4v) is 3.36. The molecule has 2 atom stereocenters. The van der Waals surface area contributed by atoms with Gasteiger partial charge >= 0.3 is 5.97 Å². The van der Waals surface area contributed by atoms with Crippen LogP contribution in [0.5, 0.6) is 0 Å². The molecule has 1 aliphatic heterocycles. The molecule has 0 bridgehead atoms. The van der Waals surface area contributed by atoms with Crippen molar-refractivity contribution in [2.75, 3.05) is 19.7 Å². The third-order valence-corrected chi connectivity index (χ3v) is 4.89. The summed E-state index contributed by atoms with van der Waals surface area (Å²) in [7, 11) is 0. The summed E-state index contributed by atoms with van der Waals surface area (Å²) in [4.78, 5) is 27.4. The summed E-state index contributed by atoms with van der Waals surface area (Å²) < 4.78 is 5.10. The van der Waals surface area contributed by atoms with E-state index in [1.54, 1.807) is 11.3 Å². The normalized spacial score (nSPS) is 20.4. The zero-order chi connectivity index (χ0) is 15.9. The zero-order valence-corrected chi connectivity index (χ0v) is 14.0. The third kappa shape index (κ3) is 4.55. The largest absolute Gasteiger partial charge is 0.466 e. The van der Waals surface area contributed by atoms with Crippen molar-refractivity contribution in [2.24, 2.45) is 5.92 Å². The lowest BCUT2D eigenvalue weighted by Crippen LogP contribution is -2.50. The summed E-state index contributed by atoms with van der Waals surface area (Å²) in [6, 6.07) is 3.76. The Balaban J connectivity index is 1.83. The van der Waals surface area contributed by atoms with Crippen LogP contribution >= 0.6 is 11.3 Å². The molecule has 1 fully saturated rings. The average molecular weight is 324 g/mol. The van der Waals surface area contributed by atoms with Gasteiger partial charge in [-0.15, -0.1) is 11.3 Å². The van der Waals surface area contributed by atoms with Gasteiger partial charge in [0.2, 0.25) is 5.91 Å². The van der Waals surface area contributed by atoms with E-state index in [1.807, 2.05) is 31.4 Å². The van der Waals surface area contributed by atoms with E-state index in [2.05, 4.69) is 10.2 Å². The fourth-order valence-electron chi connectivity index (χ4n) is 2.71. The van der Waals surface area contributed by atoms with Gasteiger partial charge < -0.3 is 10.1 Å². The molecular formula is C16H24N2O3S. The number of esters is 1. The highest BCUT2D eigenvalue weighted by molar-refractivity contribution is 7.09. The van der Waals surface area contributed by atoms with Gasteiger partial charge in [-0.1, -0.05) is 6.07 Å². The number of likely N-dealkylation sites (tertiary alicyclic amines) is 1. The van der Waals surface area contributed by atoms with E-state index in [0.717, 1.165) is 24.3 Å². The van der Waals surface area contributed by atoms with Crippen molar-refractivity contribution in [1.29, 1.82) is 0 Å². The van der Waals surface area contributed by atoms with E-state index in [-0.39, 0.29) is 23.8 Å². The van der Waals surface area contributed by atoms with Crippen LogP contribution in [0.1, 0.15) is 31.6 Å². The van der Waals surface area contributed by atoms with E-state index in [1.165, 1.54) is 0 Å². The Morgan fingerprint density at radius 2 is 2.36 bits per heavy atom. The molecule has 122 valence electrons. The fraction of sp³-hybridized carbons (Fsp3) is 0.625. The second kappa shape index (κ2) is 8.29. The predicted octanol–water partition coefficient (Wildman–Crippen LogP) is 2.03. The van der Waals surface area contributed by atoms with Gasteiger partial charge in [-0.2, -0.15) is 0 Å². The molecule has 1 saturated heterocycles. The molecule has 5 nitrogen and oxygen atoms in total. The zero-order valence-electron chi connectivity index (χ0n) is 13.2. The van der Waals surface area contributed by atoms with Gasteiger partial charge in [-0.3, -0.25) is 14.5 Å². The topological polar surface area (TPSA) is 58.6 Å². The number of hydrogen-bond acceptors (Lipinski definition) is 5. The molecule has 0 saturated carbocycles. The van der Waals surface area contributed by atoms with Crippen LogP contribution in [-0.4, -0.2) is 42.5 Å². The van der Waals surface area contributed by atoms with Gasteiger partial charge in [-0.05, 0) is 44.7 Å². The van der Waals surface area contributed by atoms with Gasteiger partial charge in [0, 0.05) is 11.4 Å². The number of ether oxygens (including phenoxy) is 1. The first-order valence-corrected chi connectivity index (χ1v) is 8.70. The Kier molecular flexibility index (Phi) is 6.39. The third-order valence-electron chi connectivity index (χ3n) is 4.02. The van der Waals surface area contributed by atoms with Gasteiger partial charge in [0.05, 0.1) is 25.1 Å². The van der Waals surface area contributed by atoms with Gasteiger partial charge in [-0.25, -0.2) is 0 Å². The van der Waals surface area contributed by atoms with E-state index in [4.69, 9.17) is 4.74 Å². The maximum absolute atomic E-state index is 12.3. The van der Waals surface area contributed by atoms with E-state index < -0.39 is 0 Å². The average Bonchev–Trinajstić information content (AvgIpc) is 3.05. The molecule has 2 rings (SSSR count). The first-order chi connectivity index (χ1) is 10.6. The molecule has 1 aromatic rings. The summed E-state index contributed by atoms with van der Waals surface area (Å²) in [6.07, 6.45) is 1.77. The van der Waals surface area contributed by atoms with Crippen LogP contribution in [0.25, 0.3) is 0 Å². The molecule has 1 amide bonds. The van der Waals surface area contributed by atoms with Crippen LogP contribution < -0.4 is 5.32 Å². The summed E-state index contributed by atoms with van der Waals surface area (Å²) in [6.45, 7) is 6.15. The van der Waals surface area contributed by atoms with Crippen molar-refractivity contribution in [1.82, 2.24) is 10.2 Å².